The lowest BCUT2D eigenvalue weighted by molar-refractivity contribution is -0.139. The average Bonchev–Trinajstić information content (AvgIpc) is 2.46. The first-order chi connectivity index (χ1) is 10.5. The summed E-state index contributed by atoms with van der Waals surface area (Å²) < 4.78 is 11.5. The van der Waals surface area contributed by atoms with Gasteiger partial charge >= 0.3 is 5.97 Å². The third-order valence-electron chi connectivity index (χ3n) is 3.27. The molecule has 7 heteroatoms. The maximum absolute atomic E-state index is 12.3. The molecule has 22 heavy (non-hydrogen) atoms. The van der Waals surface area contributed by atoms with E-state index in [0.29, 0.717) is 28.7 Å². The summed E-state index contributed by atoms with van der Waals surface area (Å²) in [5.74, 6) is 0.287. The largest absolute Gasteiger partial charge is 0.496 e. The SMILES string of the molecule is CCOC(=O)C1=C(C)NC(=S)NC1c1cc(Br)ccc1OC. The summed E-state index contributed by atoms with van der Waals surface area (Å²) in [6, 6.07) is 5.18. The number of hydrogen-bond acceptors (Lipinski definition) is 4. The van der Waals surface area contributed by atoms with Gasteiger partial charge in [-0.05, 0) is 44.3 Å². The van der Waals surface area contributed by atoms with Crippen LogP contribution >= 0.6 is 28.1 Å². The van der Waals surface area contributed by atoms with Crippen LogP contribution in [0, 0.1) is 0 Å². The normalized spacial score (nSPS) is 17.6. The Morgan fingerprint density at radius 2 is 2.18 bits per heavy atom. The van der Waals surface area contributed by atoms with E-state index in [-0.39, 0.29) is 5.97 Å². The predicted molar refractivity (Wildman–Crippen MR) is 91.6 cm³/mol. The van der Waals surface area contributed by atoms with E-state index in [2.05, 4.69) is 26.6 Å². The molecule has 0 amide bonds. The lowest BCUT2D eigenvalue weighted by Crippen LogP contribution is -2.45. The number of carbonyl (C=O) groups excluding carboxylic acids is 1. The lowest BCUT2D eigenvalue weighted by atomic mass is 9.95. The average molecular weight is 385 g/mol. The van der Waals surface area contributed by atoms with Gasteiger partial charge in [-0.1, -0.05) is 15.9 Å². The van der Waals surface area contributed by atoms with E-state index in [9.17, 15) is 4.79 Å². The molecule has 0 aromatic heterocycles. The van der Waals surface area contributed by atoms with Gasteiger partial charge in [0.05, 0.1) is 25.3 Å². The smallest absolute Gasteiger partial charge is 0.338 e. The number of halogens is 1. The Morgan fingerprint density at radius 1 is 1.45 bits per heavy atom. The number of rotatable bonds is 4. The summed E-state index contributed by atoms with van der Waals surface area (Å²) in [4.78, 5) is 12.3. The molecule has 1 aliphatic rings. The highest BCUT2D eigenvalue weighted by molar-refractivity contribution is 9.10. The van der Waals surface area contributed by atoms with Crippen molar-refractivity contribution in [3.8, 4) is 5.75 Å². The van der Waals surface area contributed by atoms with Crippen molar-refractivity contribution < 1.29 is 14.3 Å². The van der Waals surface area contributed by atoms with Crippen molar-refractivity contribution in [2.45, 2.75) is 19.9 Å². The molecule has 2 rings (SSSR count). The Hall–Kier alpha value is -1.60. The Morgan fingerprint density at radius 3 is 2.82 bits per heavy atom. The van der Waals surface area contributed by atoms with E-state index in [1.807, 2.05) is 18.2 Å². The van der Waals surface area contributed by atoms with Crippen LogP contribution in [0.4, 0.5) is 0 Å². The number of allylic oxidation sites excluding steroid dienone is 1. The molecule has 0 spiro atoms. The minimum absolute atomic E-state index is 0.308. The fourth-order valence-corrected chi connectivity index (χ4v) is 2.99. The molecular weight excluding hydrogens is 368 g/mol. The molecule has 0 radical (unpaired) electrons. The highest BCUT2D eigenvalue weighted by atomic mass is 79.9. The Labute approximate surface area is 143 Å². The van der Waals surface area contributed by atoms with E-state index in [1.54, 1.807) is 21.0 Å². The monoisotopic (exact) mass is 384 g/mol. The van der Waals surface area contributed by atoms with E-state index >= 15 is 0 Å². The summed E-state index contributed by atoms with van der Waals surface area (Å²) in [5.41, 5.74) is 1.98. The van der Waals surface area contributed by atoms with Gasteiger partial charge in [0.1, 0.15) is 5.75 Å². The quantitative estimate of drug-likeness (QED) is 0.614. The van der Waals surface area contributed by atoms with Crippen LogP contribution in [0.1, 0.15) is 25.5 Å². The van der Waals surface area contributed by atoms with E-state index in [0.717, 1.165) is 10.0 Å². The van der Waals surface area contributed by atoms with Crippen LogP contribution in [0.25, 0.3) is 0 Å². The van der Waals surface area contributed by atoms with Crippen molar-refractivity contribution in [3.05, 3.63) is 39.5 Å². The van der Waals surface area contributed by atoms with Gasteiger partial charge in [-0.15, -0.1) is 0 Å². The third-order valence-corrected chi connectivity index (χ3v) is 3.98. The summed E-state index contributed by atoms with van der Waals surface area (Å²) in [5, 5.41) is 6.54. The molecule has 0 fully saturated rings. The molecule has 1 aromatic rings. The number of thiocarbonyl (C=S) groups is 1. The Bertz CT molecular complexity index is 646. The standard InChI is InChI=1S/C15H17BrN2O3S/c1-4-21-14(19)12-8(2)17-15(22)18-13(12)10-7-9(16)5-6-11(10)20-3/h5-7,13H,4H2,1-3H3,(H2,17,18,22). The number of hydrogen-bond donors (Lipinski definition) is 2. The van der Waals surface area contributed by atoms with Gasteiger partial charge in [-0.3, -0.25) is 0 Å². The third kappa shape index (κ3) is 3.41. The van der Waals surface area contributed by atoms with Crippen LogP contribution < -0.4 is 15.4 Å². The second-order valence-electron chi connectivity index (χ2n) is 4.68. The van der Waals surface area contributed by atoms with Gasteiger partial charge in [0.15, 0.2) is 5.11 Å². The van der Waals surface area contributed by atoms with Crippen molar-refractivity contribution in [3.63, 3.8) is 0 Å². The molecule has 1 unspecified atom stereocenters. The van der Waals surface area contributed by atoms with Crippen molar-refractivity contribution in [2.75, 3.05) is 13.7 Å². The maximum atomic E-state index is 12.3. The minimum Gasteiger partial charge on any atom is -0.496 e. The van der Waals surface area contributed by atoms with Crippen LogP contribution in [0.3, 0.4) is 0 Å². The summed E-state index contributed by atoms with van der Waals surface area (Å²) >= 11 is 8.66. The first-order valence-corrected chi connectivity index (χ1v) is 7.96. The topological polar surface area (TPSA) is 59.6 Å². The second-order valence-corrected chi connectivity index (χ2v) is 6.00. The summed E-state index contributed by atoms with van der Waals surface area (Å²) in [7, 11) is 1.59. The van der Waals surface area contributed by atoms with Gasteiger partial charge in [0, 0.05) is 15.7 Å². The molecule has 0 aliphatic carbocycles. The molecule has 118 valence electrons. The van der Waals surface area contributed by atoms with Gasteiger partial charge in [0.2, 0.25) is 0 Å². The fraction of sp³-hybridized carbons (Fsp3) is 0.333. The van der Waals surface area contributed by atoms with Crippen LogP contribution in [0.2, 0.25) is 0 Å². The fourth-order valence-electron chi connectivity index (χ4n) is 2.34. The molecule has 0 saturated carbocycles. The van der Waals surface area contributed by atoms with E-state index in [4.69, 9.17) is 21.7 Å². The molecule has 1 aromatic carbocycles. The van der Waals surface area contributed by atoms with Crippen LogP contribution in [-0.2, 0) is 9.53 Å². The maximum Gasteiger partial charge on any atom is 0.338 e. The number of esters is 1. The van der Waals surface area contributed by atoms with Gasteiger partial charge in [-0.25, -0.2) is 4.79 Å². The first-order valence-electron chi connectivity index (χ1n) is 6.76. The number of benzene rings is 1. The van der Waals surface area contributed by atoms with E-state index in [1.165, 1.54) is 0 Å². The predicted octanol–water partition coefficient (Wildman–Crippen LogP) is 2.81. The van der Waals surface area contributed by atoms with Crippen molar-refractivity contribution in [1.82, 2.24) is 10.6 Å². The molecule has 1 heterocycles. The van der Waals surface area contributed by atoms with Crippen LogP contribution in [0.5, 0.6) is 5.75 Å². The Balaban J connectivity index is 2.55. The van der Waals surface area contributed by atoms with Gasteiger partial charge in [0.25, 0.3) is 0 Å². The second kappa shape index (κ2) is 7.11. The molecular formula is C15H17BrN2O3S. The molecule has 1 atom stereocenters. The minimum atomic E-state index is -0.430. The Kier molecular flexibility index (Phi) is 5.42. The molecule has 1 aliphatic heterocycles. The highest BCUT2D eigenvalue weighted by Crippen LogP contribution is 2.35. The summed E-state index contributed by atoms with van der Waals surface area (Å²) in [6.07, 6.45) is 0. The zero-order valence-electron chi connectivity index (χ0n) is 12.5. The van der Waals surface area contributed by atoms with Crippen molar-refractivity contribution >= 4 is 39.2 Å². The lowest BCUT2D eigenvalue weighted by Gasteiger charge is -2.30. The zero-order valence-corrected chi connectivity index (χ0v) is 14.9. The number of nitrogens with one attached hydrogen (secondary N) is 2. The molecule has 2 N–H and O–H groups in total. The highest BCUT2D eigenvalue weighted by Gasteiger charge is 2.32. The zero-order chi connectivity index (χ0) is 16.3. The van der Waals surface area contributed by atoms with Crippen molar-refractivity contribution in [1.29, 1.82) is 0 Å². The van der Waals surface area contributed by atoms with E-state index < -0.39 is 6.04 Å². The van der Waals surface area contributed by atoms with Gasteiger partial charge in [-0.2, -0.15) is 0 Å². The van der Waals surface area contributed by atoms with Gasteiger partial charge < -0.3 is 20.1 Å². The molecule has 5 nitrogen and oxygen atoms in total. The van der Waals surface area contributed by atoms with Crippen LogP contribution in [-0.4, -0.2) is 24.8 Å². The van der Waals surface area contributed by atoms with Crippen LogP contribution in [0.15, 0.2) is 33.9 Å². The first kappa shape index (κ1) is 16.8. The number of methoxy groups -OCH3 is 1. The molecule has 0 bridgehead atoms. The van der Waals surface area contributed by atoms with Crippen molar-refractivity contribution in [2.24, 2.45) is 0 Å². The number of carbonyl (C=O) groups is 1. The number of ether oxygens (including phenoxy) is 2. The summed E-state index contributed by atoms with van der Waals surface area (Å²) in [6.45, 7) is 3.88. The molecule has 0 saturated heterocycles.